The molecule has 0 radical (unpaired) electrons. The van der Waals surface area contributed by atoms with Gasteiger partial charge in [0.05, 0.1) is 0 Å². The third-order valence-electron chi connectivity index (χ3n) is 0.545. The van der Waals surface area contributed by atoms with Gasteiger partial charge in [-0.1, -0.05) is 11.7 Å². The standard InChI is InChI=1S/C2H5NS3/c4-6-5-3-1-2-3/h4H,1-2H2. The molecule has 6 heavy (non-hydrogen) atoms. The highest BCUT2D eigenvalue weighted by atomic mass is 33.5. The molecule has 1 nitrogen and oxygen atoms in total. The number of rotatable bonds is 2. The van der Waals surface area contributed by atoms with Crippen LogP contribution in [0.2, 0.25) is 0 Å². The maximum Gasteiger partial charge on any atom is 0.0236 e. The van der Waals surface area contributed by atoms with E-state index in [1.807, 2.05) is 0 Å². The molecule has 0 amide bonds. The fourth-order valence-corrected chi connectivity index (χ4v) is 2.07. The van der Waals surface area contributed by atoms with Crippen molar-refractivity contribution in [3.8, 4) is 0 Å². The van der Waals surface area contributed by atoms with Crippen molar-refractivity contribution >= 4 is 32.5 Å². The summed E-state index contributed by atoms with van der Waals surface area (Å²) in [7, 11) is 3.22. The van der Waals surface area contributed by atoms with Crippen LogP contribution in [-0.4, -0.2) is 17.4 Å². The van der Waals surface area contributed by atoms with Crippen molar-refractivity contribution in [3.63, 3.8) is 0 Å². The van der Waals surface area contributed by atoms with E-state index in [2.05, 4.69) is 16.0 Å². The Morgan fingerprint density at radius 3 is 2.33 bits per heavy atom. The Morgan fingerprint density at radius 2 is 2.17 bits per heavy atom. The molecule has 0 spiro atoms. The molecule has 0 aromatic carbocycles. The third kappa shape index (κ3) is 1.64. The molecule has 1 saturated heterocycles. The number of thiol groups is 1. The van der Waals surface area contributed by atoms with E-state index < -0.39 is 0 Å². The van der Waals surface area contributed by atoms with E-state index >= 15 is 0 Å². The number of nitrogens with zero attached hydrogens (tertiary/aromatic N) is 1. The molecular weight excluding hydrogens is 134 g/mol. The first kappa shape index (κ1) is 5.15. The first-order valence-corrected chi connectivity index (χ1v) is 4.82. The Kier molecular flexibility index (Phi) is 2.02. The van der Waals surface area contributed by atoms with Crippen LogP contribution >= 0.6 is 32.5 Å². The lowest BCUT2D eigenvalue weighted by Crippen LogP contribution is -1.68. The van der Waals surface area contributed by atoms with E-state index in [1.54, 1.807) is 11.0 Å². The minimum Gasteiger partial charge on any atom is -0.238 e. The first-order valence-electron chi connectivity index (χ1n) is 1.66. The maximum atomic E-state index is 3.94. The van der Waals surface area contributed by atoms with Gasteiger partial charge in [-0.15, -0.1) is 0 Å². The molecule has 0 aromatic rings. The molecule has 1 fully saturated rings. The van der Waals surface area contributed by atoms with Gasteiger partial charge >= 0.3 is 0 Å². The minimum atomic E-state index is 1.25. The van der Waals surface area contributed by atoms with Crippen molar-refractivity contribution in [1.82, 2.24) is 4.31 Å². The fraction of sp³-hybridized carbons (Fsp3) is 1.00. The molecule has 0 N–H and O–H groups in total. The van der Waals surface area contributed by atoms with Crippen molar-refractivity contribution in [2.75, 3.05) is 13.1 Å². The maximum absolute atomic E-state index is 3.94. The van der Waals surface area contributed by atoms with Crippen LogP contribution in [0.3, 0.4) is 0 Å². The topological polar surface area (TPSA) is 3.01 Å². The number of hydrogen-bond acceptors (Lipinski definition) is 4. The van der Waals surface area contributed by atoms with Crippen LogP contribution in [0, 0.1) is 0 Å². The second-order valence-electron chi connectivity index (χ2n) is 1.08. The molecule has 1 aliphatic heterocycles. The van der Waals surface area contributed by atoms with Crippen molar-refractivity contribution in [2.24, 2.45) is 0 Å². The molecule has 0 saturated carbocycles. The van der Waals surface area contributed by atoms with Gasteiger partial charge in [-0.2, -0.15) is 0 Å². The first-order chi connectivity index (χ1) is 2.93. The largest absolute Gasteiger partial charge is 0.238 e. The van der Waals surface area contributed by atoms with Gasteiger partial charge in [-0.05, 0) is 9.83 Å². The van der Waals surface area contributed by atoms with Crippen LogP contribution in [0.4, 0.5) is 0 Å². The molecule has 1 rings (SSSR count). The van der Waals surface area contributed by atoms with Crippen LogP contribution in [0.15, 0.2) is 0 Å². The summed E-state index contributed by atoms with van der Waals surface area (Å²) >= 11 is 3.94. The third-order valence-corrected chi connectivity index (χ3v) is 2.62. The van der Waals surface area contributed by atoms with Gasteiger partial charge < -0.3 is 0 Å². The Morgan fingerprint density at radius 1 is 1.50 bits per heavy atom. The van der Waals surface area contributed by atoms with Gasteiger partial charge in [0.2, 0.25) is 0 Å². The predicted octanol–water partition coefficient (Wildman–Crippen LogP) is 1.44. The van der Waals surface area contributed by atoms with Crippen LogP contribution in [0.25, 0.3) is 0 Å². The Balaban J connectivity index is 1.88. The van der Waals surface area contributed by atoms with Gasteiger partial charge in [-0.25, -0.2) is 4.31 Å². The molecule has 1 heterocycles. The normalized spacial score (nSPS) is 21.5. The average molecular weight is 139 g/mol. The summed E-state index contributed by atoms with van der Waals surface area (Å²) in [4.78, 5) is 0. The molecule has 0 aliphatic carbocycles. The Bertz CT molecular complexity index is 44.1. The van der Waals surface area contributed by atoms with Gasteiger partial charge in [0.25, 0.3) is 0 Å². The highest BCUT2D eigenvalue weighted by Crippen LogP contribution is 2.33. The highest BCUT2D eigenvalue weighted by molar-refractivity contribution is 9.05. The summed E-state index contributed by atoms with van der Waals surface area (Å²) in [5, 5.41) is 0. The lowest BCUT2D eigenvalue weighted by molar-refractivity contribution is 0.967. The summed E-state index contributed by atoms with van der Waals surface area (Å²) < 4.78 is 2.23. The number of hydrogen-bond donors (Lipinski definition) is 1. The van der Waals surface area contributed by atoms with Crippen molar-refractivity contribution in [1.29, 1.82) is 0 Å². The predicted molar refractivity (Wildman–Crippen MR) is 35.7 cm³/mol. The zero-order valence-electron chi connectivity index (χ0n) is 3.13. The van der Waals surface area contributed by atoms with E-state index in [9.17, 15) is 0 Å². The molecule has 0 aromatic heterocycles. The van der Waals surface area contributed by atoms with E-state index in [1.165, 1.54) is 22.9 Å². The summed E-state index contributed by atoms with van der Waals surface area (Å²) in [6.45, 7) is 2.50. The van der Waals surface area contributed by atoms with Crippen LogP contribution < -0.4 is 0 Å². The zero-order valence-corrected chi connectivity index (χ0v) is 5.65. The molecule has 36 valence electrons. The van der Waals surface area contributed by atoms with Crippen molar-refractivity contribution in [3.05, 3.63) is 0 Å². The molecular formula is C2H5NS3. The fourth-order valence-electron chi connectivity index (χ4n) is 0.163. The molecule has 4 heteroatoms. The van der Waals surface area contributed by atoms with Gasteiger partial charge in [0.15, 0.2) is 0 Å². The van der Waals surface area contributed by atoms with Gasteiger partial charge in [-0.3, -0.25) is 0 Å². The minimum absolute atomic E-state index is 1.25. The van der Waals surface area contributed by atoms with Crippen LogP contribution in [-0.2, 0) is 0 Å². The molecule has 0 bridgehead atoms. The average Bonchev–Trinajstić information content (AvgIpc) is 2.21. The lowest BCUT2D eigenvalue weighted by atomic mass is 11.0. The van der Waals surface area contributed by atoms with E-state index in [4.69, 9.17) is 0 Å². The molecule has 0 unspecified atom stereocenters. The van der Waals surface area contributed by atoms with Crippen LogP contribution in [0.5, 0.6) is 0 Å². The van der Waals surface area contributed by atoms with E-state index in [0.717, 1.165) is 0 Å². The van der Waals surface area contributed by atoms with Gasteiger partial charge in [0.1, 0.15) is 0 Å². The molecule has 0 atom stereocenters. The summed E-state index contributed by atoms with van der Waals surface area (Å²) in [5.41, 5.74) is 0. The molecule has 1 aliphatic rings. The summed E-state index contributed by atoms with van der Waals surface area (Å²) in [6, 6.07) is 0. The van der Waals surface area contributed by atoms with Crippen molar-refractivity contribution in [2.45, 2.75) is 0 Å². The summed E-state index contributed by atoms with van der Waals surface area (Å²) in [6.07, 6.45) is 0. The van der Waals surface area contributed by atoms with Crippen molar-refractivity contribution < 1.29 is 0 Å². The monoisotopic (exact) mass is 139 g/mol. The smallest absolute Gasteiger partial charge is 0.0236 e. The highest BCUT2D eigenvalue weighted by Gasteiger charge is 2.16. The quantitative estimate of drug-likeness (QED) is 0.267. The SMILES string of the molecule is SSSN1CC1. The zero-order chi connectivity index (χ0) is 4.41. The Labute approximate surface area is 50.2 Å². The van der Waals surface area contributed by atoms with E-state index in [-0.39, 0.29) is 0 Å². The lowest BCUT2D eigenvalue weighted by Gasteiger charge is -1.86. The second kappa shape index (κ2) is 2.35. The van der Waals surface area contributed by atoms with Crippen LogP contribution in [0.1, 0.15) is 0 Å². The summed E-state index contributed by atoms with van der Waals surface area (Å²) in [5.74, 6) is 0. The van der Waals surface area contributed by atoms with Gasteiger partial charge in [0, 0.05) is 24.1 Å². The van der Waals surface area contributed by atoms with E-state index in [0.29, 0.717) is 0 Å². The second-order valence-corrected chi connectivity index (χ2v) is 4.13. The Hall–Kier alpha value is 1.01.